The highest BCUT2D eigenvalue weighted by Crippen LogP contribution is 2.15. The third-order valence-corrected chi connectivity index (χ3v) is 4.74. The smallest absolute Gasteiger partial charge is 0.263 e. The number of carbonyl (C=O) groups is 2. The van der Waals surface area contributed by atoms with Gasteiger partial charge in [0.05, 0.1) is 10.4 Å². The van der Waals surface area contributed by atoms with Crippen molar-refractivity contribution in [2.45, 2.75) is 6.42 Å². The Balaban J connectivity index is 1.65. The van der Waals surface area contributed by atoms with Gasteiger partial charge in [0.1, 0.15) is 0 Å². The number of amides is 2. The zero-order valence-electron chi connectivity index (χ0n) is 12.6. The lowest BCUT2D eigenvalue weighted by Gasteiger charge is -2.21. The Labute approximate surface area is 133 Å². The van der Waals surface area contributed by atoms with E-state index in [-0.39, 0.29) is 11.8 Å². The minimum atomic E-state index is 0.0472. The molecule has 0 bridgehead atoms. The summed E-state index contributed by atoms with van der Waals surface area (Å²) in [6, 6.07) is 5.58. The molecule has 2 amide bonds. The van der Waals surface area contributed by atoms with Crippen molar-refractivity contribution < 1.29 is 9.59 Å². The Kier molecular flexibility index (Phi) is 4.29. The maximum absolute atomic E-state index is 12.5. The van der Waals surface area contributed by atoms with Crippen LogP contribution in [-0.2, 0) is 7.05 Å². The summed E-state index contributed by atoms with van der Waals surface area (Å²) < 4.78 is 1.87. The Morgan fingerprint density at radius 1 is 1.05 bits per heavy atom. The van der Waals surface area contributed by atoms with E-state index in [2.05, 4.69) is 0 Å². The Morgan fingerprint density at radius 3 is 2.36 bits per heavy atom. The number of nitrogens with zero attached hydrogens (tertiary/aromatic N) is 3. The number of aromatic nitrogens is 1. The van der Waals surface area contributed by atoms with Gasteiger partial charge < -0.3 is 14.4 Å². The monoisotopic (exact) mass is 317 g/mol. The van der Waals surface area contributed by atoms with Crippen LogP contribution in [0, 0.1) is 0 Å². The first-order valence-corrected chi connectivity index (χ1v) is 8.27. The molecule has 0 aromatic carbocycles. The van der Waals surface area contributed by atoms with Gasteiger partial charge in [-0.1, -0.05) is 6.07 Å². The number of thiophene rings is 1. The molecule has 0 N–H and O–H groups in total. The summed E-state index contributed by atoms with van der Waals surface area (Å²) in [5.74, 6) is 0.120. The molecule has 5 nitrogen and oxygen atoms in total. The molecule has 2 aromatic rings. The minimum absolute atomic E-state index is 0.0472. The molecule has 0 spiro atoms. The zero-order valence-corrected chi connectivity index (χ0v) is 13.4. The highest BCUT2D eigenvalue weighted by molar-refractivity contribution is 7.12. The first kappa shape index (κ1) is 14.8. The lowest BCUT2D eigenvalue weighted by atomic mass is 10.3. The van der Waals surface area contributed by atoms with Crippen LogP contribution in [0.3, 0.4) is 0 Å². The molecule has 1 saturated heterocycles. The van der Waals surface area contributed by atoms with Gasteiger partial charge in [0.15, 0.2) is 0 Å². The SMILES string of the molecule is Cn1ccc(C(=O)N2CCCN(C(=O)c3cccs3)CC2)c1. The van der Waals surface area contributed by atoms with Crippen molar-refractivity contribution in [1.82, 2.24) is 14.4 Å². The van der Waals surface area contributed by atoms with Crippen LogP contribution in [0.1, 0.15) is 26.5 Å². The molecule has 3 heterocycles. The quantitative estimate of drug-likeness (QED) is 0.851. The Hall–Kier alpha value is -2.08. The number of hydrogen-bond acceptors (Lipinski definition) is 3. The molecule has 3 rings (SSSR count). The van der Waals surface area contributed by atoms with Gasteiger partial charge in [-0.3, -0.25) is 9.59 Å². The van der Waals surface area contributed by atoms with Crippen LogP contribution >= 0.6 is 11.3 Å². The predicted molar refractivity (Wildman–Crippen MR) is 86.2 cm³/mol. The fraction of sp³-hybridized carbons (Fsp3) is 0.375. The van der Waals surface area contributed by atoms with Gasteiger partial charge in [-0.05, 0) is 23.9 Å². The van der Waals surface area contributed by atoms with Gasteiger partial charge in [0.2, 0.25) is 0 Å². The topological polar surface area (TPSA) is 45.6 Å². The van der Waals surface area contributed by atoms with E-state index in [4.69, 9.17) is 0 Å². The molecule has 1 aliphatic rings. The van der Waals surface area contributed by atoms with Crippen molar-refractivity contribution in [1.29, 1.82) is 0 Å². The molecule has 0 aliphatic carbocycles. The van der Waals surface area contributed by atoms with E-state index in [0.29, 0.717) is 31.7 Å². The molecular formula is C16H19N3O2S. The number of carbonyl (C=O) groups excluding carboxylic acids is 2. The molecule has 22 heavy (non-hydrogen) atoms. The van der Waals surface area contributed by atoms with Crippen LogP contribution in [0.4, 0.5) is 0 Å². The van der Waals surface area contributed by atoms with Crippen LogP contribution in [0.15, 0.2) is 36.0 Å². The van der Waals surface area contributed by atoms with E-state index in [9.17, 15) is 9.59 Å². The summed E-state index contributed by atoms with van der Waals surface area (Å²) in [5, 5.41) is 1.91. The number of aryl methyl sites for hydroxylation is 1. The van der Waals surface area contributed by atoms with Crippen molar-refractivity contribution in [2.75, 3.05) is 26.2 Å². The summed E-state index contributed by atoms with van der Waals surface area (Å²) in [7, 11) is 1.90. The van der Waals surface area contributed by atoms with Gasteiger partial charge in [-0.25, -0.2) is 0 Å². The van der Waals surface area contributed by atoms with E-state index < -0.39 is 0 Å². The summed E-state index contributed by atoms with van der Waals surface area (Å²) in [4.78, 5) is 29.3. The fourth-order valence-corrected chi connectivity index (χ4v) is 3.38. The molecule has 0 saturated carbocycles. The first-order chi connectivity index (χ1) is 10.6. The number of hydrogen-bond donors (Lipinski definition) is 0. The maximum Gasteiger partial charge on any atom is 0.263 e. The maximum atomic E-state index is 12.5. The first-order valence-electron chi connectivity index (χ1n) is 7.39. The average molecular weight is 317 g/mol. The predicted octanol–water partition coefficient (Wildman–Crippen LogP) is 2.07. The Morgan fingerprint density at radius 2 is 1.77 bits per heavy atom. The Bertz CT molecular complexity index is 663. The minimum Gasteiger partial charge on any atom is -0.356 e. The second kappa shape index (κ2) is 6.36. The second-order valence-corrected chi connectivity index (χ2v) is 6.43. The van der Waals surface area contributed by atoms with E-state index in [1.165, 1.54) is 11.3 Å². The van der Waals surface area contributed by atoms with Gasteiger partial charge in [0.25, 0.3) is 11.8 Å². The summed E-state index contributed by atoms with van der Waals surface area (Å²) in [6.45, 7) is 2.58. The standard InChI is InChI=1S/C16H19N3O2S/c1-17-8-5-13(12-17)15(20)18-6-3-7-19(10-9-18)16(21)14-4-2-11-22-14/h2,4-5,8,11-12H,3,6-7,9-10H2,1H3. The average Bonchev–Trinajstić information content (AvgIpc) is 3.13. The fourth-order valence-electron chi connectivity index (χ4n) is 2.69. The third-order valence-electron chi connectivity index (χ3n) is 3.88. The summed E-state index contributed by atoms with van der Waals surface area (Å²) in [5.41, 5.74) is 0.709. The molecule has 116 valence electrons. The van der Waals surface area contributed by atoms with Crippen molar-refractivity contribution in [2.24, 2.45) is 7.05 Å². The molecule has 0 radical (unpaired) electrons. The van der Waals surface area contributed by atoms with Crippen LogP contribution in [0.2, 0.25) is 0 Å². The largest absolute Gasteiger partial charge is 0.356 e. The van der Waals surface area contributed by atoms with E-state index in [1.807, 2.05) is 57.4 Å². The number of rotatable bonds is 2. The van der Waals surface area contributed by atoms with Crippen LogP contribution in [-0.4, -0.2) is 52.4 Å². The van der Waals surface area contributed by atoms with Crippen molar-refractivity contribution in [3.05, 3.63) is 46.4 Å². The van der Waals surface area contributed by atoms with Gasteiger partial charge >= 0.3 is 0 Å². The van der Waals surface area contributed by atoms with Crippen molar-refractivity contribution in [3.8, 4) is 0 Å². The highest BCUT2D eigenvalue weighted by atomic mass is 32.1. The third kappa shape index (κ3) is 3.06. The molecule has 0 unspecified atom stereocenters. The lowest BCUT2D eigenvalue weighted by Crippen LogP contribution is -2.37. The van der Waals surface area contributed by atoms with Crippen molar-refractivity contribution >= 4 is 23.2 Å². The van der Waals surface area contributed by atoms with Crippen LogP contribution in [0.25, 0.3) is 0 Å². The lowest BCUT2D eigenvalue weighted by molar-refractivity contribution is 0.0721. The molecule has 1 fully saturated rings. The van der Waals surface area contributed by atoms with Gasteiger partial charge in [-0.15, -0.1) is 11.3 Å². The van der Waals surface area contributed by atoms with Gasteiger partial charge in [0, 0.05) is 45.6 Å². The van der Waals surface area contributed by atoms with E-state index in [1.54, 1.807) is 0 Å². The highest BCUT2D eigenvalue weighted by Gasteiger charge is 2.24. The normalized spacial score (nSPS) is 15.7. The van der Waals surface area contributed by atoms with Gasteiger partial charge in [-0.2, -0.15) is 0 Å². The molecule has 0 atom stereocenters. The molecule has 2 aromatic heterocycles. The molecular weight excluding hydrogens is 298 g/mol. The van der Waals surface area contributed by atoms with E-state index >= 15 is 0 Å². The summed E-state index contributed by atoms with van der Waals surface area (Å²) in [6.07, 6.45) is 4.52. The molecule has 1 aliphatic heterocycles. The van der Waals surface area contributed by atoms with E-state index in [0.717, 1.165) is 11.3 Å². The summed E-state index contributed by atoms with van der Waals surface area (Å²) >= 11 is 1.46. The van der Waals surface area contributed by atoms with Crippen molar-refractivity contribution in [3.63, 3.8) is 0 Å². The molecule has 6 heteroatoms. The zero-order chi connectivity index (χ0) is 15.5. The van der Waals surface area contributed by atoms with Crippen LogP contribution in [0.5, 0.6) is 0 Å². The second-order valence-electron chi connectivity index (χ2n) is 5.48. The van der Waals surface area contributed by atoms with Crippen LogP contribution < -0.4 is 0 Å².